The van der Waals surface area contributed by atoms with Gasteiger partial charge < -0.3 is 10.2 Å². The van der Waals surface area contributed by atoms with Crippen LogP contribution in [-0.2, 0) is 4.79 Å². The Hall–Kier alpha value is -0.640. The second-order valence-electron chi connectivity index (χ2n) is 3.83. The SMILES string of the molecule is O=C1CNCCN1[C@H]1CC[C@@H](F)C1. The highest BCUT2D eigenvalue weighted by Gasteiger charge is 2.32. The predicted molar refractivity (Wildman–Crippen MR) is 47.1 cm³/mol. The number of hydrogen-bond acceptors (Lipinski definition) is 2. The van der Waals surface area contributed by atoms with Gasteiger partial charge in [0.15, 0.2) is 0 Å². The lowest BCUT2D eigenvalue weighted by atomic mass is 10.2. The minimum Gasteiger partial charge on any atom is -0.337 e. The van der Waals surface area contributed by atoms with Crippen LogP contribution >= 0.6 is 0 Å². The van der Waals surface area contributed by atoms with Gasteiger partial charge in [-0.3, -0.25) is 4.79 Å². The molecule has 2 aliphatic rings. The van der Waals surface area contributed by atoms with Crippen molar-refractivity contribution in [2.24, 2.45) is 0 Å². The fourth-order valence-corrected chi connectivity index (χ4v) is 2.19. The average Bonchev–Trinajstić information content (AvgIpc) is 2.53. The molecule has 1 aliphatic carbocycles. The van der Waals surface area contributed by atoms with Gasteiger partial charge in [0.05, 0.1) is 6.54 Å². The summed E-state index contributed by atoms with van der Waals surface area (Å²) >= 11 is 0. The first-order chi connectivity index (χ1) is 6.27. The van der Waals surface area contributed by atoms with E-state index in [4.69, 9.17) is 0 Å². The Bertz CT molecular complexity index is 210. The maximum absolute atomic E-state index is 12.9. The van der Waals surface area contributed by atoms with E-state index in [2.05, 4.69) is 5.32 Å². The summed E-state index contributed by atoms with van der Waals surface area (Å²) in [5.41, 5.74) is 0. The van der Waals surface area contributed by atoms with E-state index < -0.39 is 6.17 Å². The largest absolute Gasteiger partial charge is 0.337 e. The van der Waals surface area contributed by atoms with E-state index >= 15 is 0 Å². The van der Waals surface area contributed by atoms with Crippen molar-refractivity contribution >= 4 is 5.91 Å². The molecule has 1 heterocycles. The predicted octanol–water partition coefficient (Wildman–Crippen LogP) is 0.309. The van der Waals surface area contributed by atoms with Crippen LogP contribution in [0.15, 0.2) is 0 Å². The minimum atomic E-state index is -0.687. The van der Waals surface area contributed by atoms with Gasteiger partial charge in [-0.25, -0.2) is 4.39 Å². The molecule has 2 fully saturated rings. The Balaban J connectivity index is 1.95. The van der Waals surface area contributed by atoms with Crippen LogP contribution in [0, 0.1) is 0 Å². The van der Waals surface area contributed by atoms with Crippen molar-refractivity contribution in [1.29, 1.82) is 0 Å². The number of rotatable bonds is 1. The van der Waals surface area contributed by atoms with Crippen LogP contribution in [0.1, 0.15) is 19.3 Å². The number of carbonyl (C=O) groups is 1. The molecule has 0 unspecified atom stereocenters. The molecule has 2 atom stereocenters. The summed E-state index contributed by atoms with van der Waals surface area (Å²) < 4.78 is 12.9. The molecule has 0 aromatic rings. The highest BCUT2D eigenvalue weighted by molar-refractivity contribution is 5.79. The van der Waals surface area contributed by atoms with Gasteiger partial charge in [-0.2, -0.15) is 0 Å². The molecule has 2 rings (SSSR count). The summed E-state index contributed by atoms with van der Waals surface area (Å²) in [7, 11) is 0. The van der Waals surface area contributed by atoms with E-state index in [1.165, 1.54) is 0 Å². The van der Waals surface area contributed by atoms with Crippen molar-refractivity contribution in [3.8, 4) is 0 Å². The third kappa shape index (κ3) is 1.82. The summed E-state index contributed by atoms with van der Waals surface area (Å²) in [6.07, 6.45) is 1.33. The number of amides is 1. The summed E-state index contributed by atoms with van der Waals surface area (Å²) in [6.45, 7) is 2.02. The van der Waals surface area contributed by atoms with Gasteiger partial charge >= 0.3 is 0 Å². The van der Waals surface area contributed by atoms with Crippen molar-refractivity contribution < 1.29 is 9.18 Å². The molecular formula is C9H15FN2O. The molecule has 0 aromatic heterocycles. The first kappa shape index (κ1) is 8.94. The summed E-state index contributed by atoms with van der Waals surface area (Å²) in [5, 5.41) is 3.01. The maximum atomic E-state index is 12.9. The molecule has 1 amide bonds. The average molecular weight is 186 g/mol. The van der Waals surface area contributed by atoms with Gasteiger partial charge in [0, 0.05) is 19.1 Å². The van der Waals surface area contributed by atoms with Crippen molar-refractivity contribution in [2.45, 2.75) is 31.5 Å². The zero-order valence-corrected chi connectivity index (χ0v) is 7.63. The maximum Gasteiger partial charge on any atom is 0.236 e. The third-order valence-electron chi connectivity index (χ3n) is 2.91. The number of nitrogens with zero attached hydrogens (tertiary/aromatic N) is 1. The van der Waals surface area contributed by atoms with Gasteiger partial charge in [0.1, 0.15) is 6.17 Å². The van der Waals surface area contributed by atoms with Crippen molar-refractivity contribution in [3.05, 3.63) is 0 Å². The van der Waals surface area contributed by atoms with E-state index in [-0.39, 0.29) is 11.9 Å². The van der Waals surface area contributed by atoms with E-state index in [0.29, 0.717) is 19.4 Å². The zero-order valence-electron chi connectivity index (χ0n) is 7.63. The minimum absolute atomic E-state index is 0.130. The van der Waals surface area contributed by atoms with Crippen molar-refractivity contribution in [3.63, 3.8) is 0 Å². The Morgan fingerprint density at radius 1 is 1.46 bits per heavy atom. The van der Waals surface area contributed by atoms with Gasteiger partial charge in [-0.1, -0.05) is 0 Å². The number of hydrogen-bond donors (Lipinski definition) is 1. The molecule has 0 radical (unpaired) electrons. The Kier molecular flexibility index (Phi) is 2.49. The van der Waals surface area contributed by atoms with E-state index in [1.54, 1.807) is 0 Å². The second-order valence-corrected chi connectivity index (χ2v) is 3.83. The molecule has 3 nitrogen and oxygen atoms in total. The fraction of sp³-hybridized carbons (Fsp3) is 0.889. The standard InChI is InChI=1S/C9H15FN2O/c10-7-1-2-8(5-7)12-4-3-11-6-9(12)13/h7-8,11H,1-6H2/t7-,8+/m1/s1. The number of piperazine rings is 1. The lowest BCUT2D eigenvalue weighted by Crippen LogP contribution is -2.51. The van der Waals surface area contributed by atoms with Crippen molar-refractivity contribution in [1.82, 2.24) is 10.2 Å². The molecule has 0 spiro atoms. The van der Waals surface area contributed by atoms with E-state index in [9.17, 15) is 9.18 Å². The molecule has 1 saturated heterocycles. The summed E-state index contributed by atoms with van der Waals surface area (Å²) in [6, 6.07) is 0.171. The monoisotopic (exact) mass is 186 g/mol. The van der Waals surface area contributed by atoms with E-state index in [0.717, 1.165) is 19.5 Å². The van der Waals surface area contributed by atoms with Crippen LogP contribution in [0.5, 0.6) is 0 Å². The van der Waals surface area contributed by atoms with Gasteiger partial charge in [-0.15, -0.1) is 0 Å². The quantitative estimate of drug-likeness (QED) is 0.639. The van der Waals surface area contributed by atoms with E-state index in [1.807, 2.05) is 4.90 Å². The van der Waals surface area contributed by atoms with Crippen LogP contribution < -0.4 is 5.32 Å². The first-order valence-corrected chi connectivity index (χ1v) is 4.91. The molecular weight excluding hydrogens is 171 g/mol. The van der Waals surface area contributed by atoms with Crippen molar-refractivity contribution in [2.75, 3.05) is 19.6 Å². The van der Waals surface area contributed by atoms with Gasteiger partial charge in [-0.05, 0) is 19.3 Å². The van der Waals surface area contributed by atoms with Crippen LogP contribution in [0.4, 0.5) is 4.39 Å². The zero-order chi connectivity index (χ0) is 9.26. The molecule has 4 heteroatoms. The second kappa shape index (κ2) is 3.62. The molecule has 1 N–H and O–H groups in total. The Morgan fingerprint density at radius 2 is 2.31 bits per heavy atom. The van der Waals surface area contributed by atoms with Crippen LogP contribution in [0.3, 0.4) is 0 Å². The lowest BCUT2D eigenvalue weighted by Gasteiger charge is -2.32. The highest BCUT2D eigenvalue weighted by atomic mass is 19.1. The molecule has 1 aliphatic heterocycles. The van der Waals surface area contributed by atoms with Gasteiger partial charge in [0.25, 0.3) is 0 Å². The van der Waals surface area contributed by atoms with Gasteiger partial charge in [0.2, 0.25) is 5.91 Å². The molecule has 0 bridgehead atoms. The summed E-state index contributed by atoms with van der Waals surface area (Å²) in [4.78, 5) is 13.3. The fourth-order valence-electron chi connectivity index (χ4n) is 2.19. The number of nitrogens with one attached hydrogen (secondary N) is 1. The highest BCUT2D eigenvalue weighted by Crippen LogP contribution is 2.26. The normalized spacial score (nSPS) is 35.5. The number of alkyl halides is 1. The topological polar surface area (TPSA) is 32.3 Å². The molecule has 13 heavy (non-hydrogen) atoms. The molecule has 74 valence electrons. The lowest BCUT2D eigenvalue weighted by molar-refractivity contribution is -0.134. The number of carbonyl (C=O) groups excluding carboxylic acids is 1. The molecule has 0 aromatic carbocycles. The Labute approximate surface area is 77.3 Å². The Morgan fingerprint density at radius 3 is 2.92 bits per heavy atom. The van der Waals surface area contributed by atoms with Crippen LogP contribution in [0.2, 0.25) is 0 Å². The smallest absolute Gasteiger partial charge is 0.236 e. The third-order valence-corrected chi connectivity index (χ3v) is 2.91. The van der Waals surface area contributed by atoms with Crippen LogP contribution in [0.25, 0.3) is 0 Å². The first-order valence-electron chi connectivity index (χ1n) is 4.91. The number of halogens is 1. The molecule has 1 saturated carbocycles. The van der Waals surface area contributed by atoms with Crippen LogP contribution in [-0.4, -0.2) is 42.7 Å². The summed E-state index contributed by atoms with van der Waals surface area (Å²) in [5.74, 6) is 0.130.